The van der Waals surface area contributed by atoms with Gasteiger partial charge < -0.3 is 5.32 Å². The van der Waals surface area contributed by atoms with Gasteiger partial charge in [-0.1, -0.05) is 35.0 Å². The summed E-state index contributed by atoms with van der Waals surface area (Å²) in [5.41, 5.74) is 0.493. The van der Waals surface area contributed by atoms with Crippen molar-refractivity contribution in [2.45, 2.75) is 12.1 Å². The molecule has 2 heterocycles. The third-order valence-corrected chi connectivity index (χ3v) is 4.61. The zero-order valence-corrected chi connectivity index (χ0v) is 14.5. The largest absolute Gasteiger partial charge is 0.325 e. The number of anilines is 1. The van der Waals surface area contributed by atoms with Gasteiger partial charge in [0.15, 0.2) is 0 Å². The summed E-state index contributed by atoms with van der Waals surface area (Å²) in [6.45, 7) is 1.57. The SMILES string of the molecule is Cc1nn2c(SCC(=O)Nc3ccc(Cl)c(Cl)c3)nnc2[nH]c1=O. The Hall–Kier alpha value is -2.10. The Morgan fingerprint density at radius 1 is 1.33 bits per heavy atom. The molecule has 0 bridgehead atoms. The van der Waals surface area contributed by atoms with Crippen molar-refractivity contribution in [1.29, 1.82) is 0 Å². The van der Waals surface area contributed by atoms with E-state index < -0.39 is 0 Å². The summed E-state index contributed by atoms with van der Waals surface area (Å²) in [5.74, 6) is 0.0511. The highest BCUT2D eigenvalue weighted by Crippen LogP contribution is 2.25. The van der Waals surface area contributed by atoms with E-state index in [1.54, 1.807) is 25.1 Å². The van der Waals surface area contributed by atoms with Crippen LogP contribution in [0, 0.1) is 6.92 Å². The molecule has 0 saturated carbocycles. The van der Waals surface area contributed by atoms with Gasteiger partial charge in [-0.3, -0.25) is 14.6 Å². The summed E-state index contributed by atoms with van der Waals surface area (Å²) >= 11 is 12.9. The predicted octanol–water partition coefficient (Wildman–Crippen LogP) is 2.16. The lowest BCUT2D eigenvalue weighted by molar-refractivity contribution is -0.113. The topological polar surface area (TPSA) is 105 Å². The van der Waals surface area contributed by atoms with E-state index in [2.05, 4.69) is 25.6 Å². The zero-order chi connectivity index (χ0) is 17.3. The lowest BCUT2D eigenvalue weighted by Gasteiger charge is -2.05. The first-order valence-electron chi connectivity index (χ1n) is 6.64. The number of aromatic amines is 1. The maximum absolute atomic E-state index is 12.0. The summed E-state index contributed by atoms with van der Waals surface area (Å²) in [4.78, 5) is 26.0. The molecule has 0 unspecified atom stereocenters. The van der Waals surface area contributed by atoms with Gasteiger partial charge in [-0.25, -0.2) is 0 Å². The number of carbonyl (C=O) groups excluding carboxylic acids is 1. The number of nitrogens with one attached hydrogen (secondary N) is 2. The van der Waals surface area contributed by atoms with Gasteiger partial charge in [0.1, 0.15) is 5.69 Å². The van der Waals surface area contributed by atoms with E-state index in [0.29, 0.717) is 20.9 Å². The number of aryl methyl sites for hydroxylation is 1. The first kappa shape index (κ1) is 16.7. The Morgan fingerprint density at radius 2 is 2.12 bits per heavy atom. The van der Waals surface area contributed by atoms with Gasteiger partial charge in [0.2, 0.25) is 11.1 Å². The number of fused-ring (bicyclic) bond motifs is 1. The van der Waals surface area contributed by atoms with Crippen LogP contribution in [0.4, 0.5) is 5.69 Å². The van der Waals surface area contributed by atoms with Crippen molar-refractivity contribution in [3.8, 4) is 0 Å². The van der Waals surface area contributed by atoms with Crippen LogP contribution in [0.5, 0.6) is 0 Å². The van der Waals surface area contributed by atoms with Crippen LogP contribution < -0.4 is 10.9 Å². The number of H-pyrrole nitrogens is 1. The number of carbonyl (C=O) groups is 1. The molecule has 124 valence electrons. The van der Waals surface area contributed by atoms with Crippen molar-refractivity contribution >= 4 is 52.3 Å². The summed E-state index contributed by atoms with van der Waals surface area (Å²) in [6, 6.07) is 4.81. The molecule has 3 aromatic rings. The van der Waals surface area contributed by atoms with Crippen LogP contribution in [-0.4, -0.2) is 36.5 Å². The number of thioether (sulfide) groups is 1. The van der Waals surface area contributed by atoms with E-state index in [1.807, 2.05) is 0 Å². The standard InChI is InChI=1S/C13H10Cl2N6O2S/c1-6-11(23)17-12-18-19-13(21(12)20-6)24-5-10(22)16-7-2-3-8(14)9(15)4-7/h2-4H,5H2,1H3,(H,16,22)(H,17,18,23). The summed E-state index contributed by atoms with van der Waals surface area (Å²) in [7, 11) is 0. The molecule has 0 atom stereocenters. The normalized spacial score (nSPS) is 11.0. The van der Waals surface area contributed by atoms with Gasteiger partial charge in [-0.2, -0.15) is 9.61 Å². The molecule has 0 radical (unpaired) electrons. The second kappa shape index (κ2) is 6.80. The first-order valence-corrected chi connectivity index (χ1v) is 8.38. The Morgan fingerprint density at radius 3 is 2.88 bits per heavy atom. The number of amides is 1. The number of hydrogen-bond donors (Lipinski definition) is 2. The minimum Gasteiger partial charge on any atom is -0.325 e. The number of hydrogen-bond acceptors (Lipinski definition) is 6. The maximum atomic E-state index is 12.0. The van der Waals surface area contributed by atoms with Crippen LogP contribution in [0.3, 0.4) is 0 Å². The average molecular weight is 385 g/mol. The van der Waals surface area contributed by atoms with E-state index >= 15 is 0 Å². The number of rotatable bonds is 4. The molecule has 8 nitrogen and oxygen atoms in total. The lowest BCUT2D eigenvalue weighted by atomic mass is 10.3. The predicted molar refractivity (Wildman–Crippen MR) is 92.0 cm³/mol. The minimum atomic E-state index is -0.330. The Bertz CT molecular complexity index is 986. The molecule has 0 saturated heterocycles. The Balaban J connectivity index is 1.69. The third kappa shape index (κ3) is 3.53. The number of benzene rings is 1. The van der Waals surface area contributed by atoms with E-state index in [1.165, 1.54) is 4.52 Å². The van der Waals surface area contributed by atoms with Crippen LogP contribution in [-0.2, 0) is 4.79 Å². The highest BCUT2D eigenvalue weighted by Gasteiger charge is 2.12. The average Bonchev–Trinajstić information content (AvgIpc) is 2.91. The van der Waals surface area contributed by atoms with Gasteiger partial charge in [0.25, 0.3) is 11.3 Å². The molecule has 0 fully saturated rings. The second-order valence-corrected chi connectivity index (χ2v) is 6.48. The molecule has 2 aromatic heterocycles. The van der Waals surface area contributed by atoms with Gasteiger partial charge >= 0.3 is 0 Å². The molecule has 24 heavy (non-hydrogen) atoms. The molecular formula is C13H10Cl2N6O2S. The monoisotopic (exact) mass is 384 g/mol. The van der Waals surface area contributed by atoms with Crippen molar-refractivity contribution < 1.29 is 4.79 Å². The fourth-order valence-corrected chi connectivity index (χ4v) is 2.79. The van der Waals surface area contributed by atoms with Crippen molar-refractivity contribution in [1.82, 2.24) is 24.8 Å². The van der Waals surface area contributed by atoms with Crippen LogP contribution in [0.1, 0.15) is 5.69 Å². The molecule has 0 aliphatic carbocycles. The van der Waals surface area contributed by atoms with E-state index in [-0.39, 0.29) is 28.7 Å². The van der Waals surface area contributed by atoms with Crippen LogP contribution >= 0.6 is 35.0 Å². The highest BCUT2D eigenvalue weighted by molar-refractivity contribution is 7.99. The summed E-state index contributed by atoms with van der Waals surface area (Å²) in [6.07, 6.45) is 0. The van der Waals surface area contributed by atoms with Gasteiger partial charge in [-0.05, 0) is 25.1 Å². The summed E-state index contributed by atoms with van der Waals surface area (Å²) in [5, 5.41) is 15.7. The summed E-state index contributed by atoms with van der Waals surface area (Å²) < 4.78 is 1.38. The second-order valence-electron chi connectivity index (χ2n) is 4.72. The highest BCUT2D eigenvalue weighted by atomic mass is 35.5. The molecular weight excluding hydrogens is 375 g/mol. The van der Waals surface area contributed by atoms with Crippen molar-refractivity contribution in [3.05, 3.63) is 44.3 Å². The van der Waals surface area contributed by atoms with Crippen molar-refractivity contribution in [3.63, 3.8) is 0 Å². The Labute approximate surface area is 149 Å². The van der Waals surface area contributed by atoms with Crippen LogP contribution in [0.15, 0.2) is 28.2 Å². The molecule has 0 spiro atoms. The minimum absolute atomic E-state index is 0.0842. The molecule has 0 aliphatic heterocycles. The molecule has 11 heteroatoms. The van der Waals surface area contributed by atoms with Crippen molar-refractivity contribution in [2.75, 3.05) is 11.1 Å². The fourth-order valence-electron chi connectivity index (χ4n) is 1.81. The molecule has 0 aliphatic rings. The smallest absolute Gasteiger partial charge is 0.273 e. The van der Waals surface area contributed by atoms with E-state index in [4.69, 9.17) is 23.2 Å². The van der Waals surface area contributed by atoms with Crippen LogP contribution in [0.25, 0.3) is 5.78 Å². The van der Waals surface area contributed by atoms with Gasteiger partial charge in [0, 0.05) is 5.69 Å². The maximum Gasteiger partial charge on any atom is 0.273 e. The third-order valence-electron chi connectivity index (χ3n) is 2.95. The quantitative estimate of drug-likeness (QED) is 0.667. The number of nitrogens with zero attached hydrogens (tertiary/aromatic N) is 4. The molecule has 1 aromatic carbocycles. The van der Waals surface area contributed by atoms with E-state index in [9.17, 15) is 9.59 Å². The van der Waals surface area contributed by atoms with E-state index in [0.717, 1.165) is 11.8 Å². The lowest BCUT2D eigenvalue weighted by Crippen LogP contribution is -2.16. The zero-order valence-electron chi connectivity index (χ0n) is 12.2. The van der Waals surface area contributed by atoms with Crippen molar-refractivity contribution in [2.24, 2.45) is 0 Å². The molecule has 1 amide bonds. The molecule has 2 N–H and O–H groups in total. The number of aromatic nitrogens is 5. The number of halogens is 2. The van der Waals surface area contributed by atoms with Crippen LogP contribution in [0.2, 0.25) is 10.0 Å². The molecule has 3 rings (SSSR count). The fraction of sp³-hybridized carbons (Fsp3) is 0.154. The van der Waals surface area contributed by atoms with Gasteiger partial charge in [0.05, 0.1) is 15.8 Å². The van der Waals surface area contributed by atoms with Gasteiger partial charge in [-0.15, -0.1) is 10.2 Å². The Kier molecular flexibility index (Phi) is 4.74. The first-order chi connectivity index (χ1) is 11.4.